The minimum Gasteiger partial charge on any atom is -1.00 e. The summed E-state index contributed by atoms with van der Waals surface area (Å²) in [6.45, 7) is 4.80. The molecule has 0 aliphatic heterocycles. The van der Waals surface area contributed by atoms with Crippen molar-refractivity contribution >= 4 is 25.6 Å². The van der Waals surface area contributed by atoms with Crippen molar-refractivity contribution in [2.75, 3.05) is 0 Å². The Bertz CT molecular complexity index is 1710. The van der Waals surface area contributed by atoms with E-state index in [0.29, 0.717) is 3.63 Å². The minimum absolute atomic E-state index is 0. The monoisotopic (exact) mass is 608 g/mol. The maximum Gasteiger partial charge on any atom is -1.00 e. The van der Waals surface area contributed by atoms with Crippen molar-refractivity contribution in [2.45, 2.75) is 23.9 Å². The number of fused-ring (bicyclic) bond motifs is 6. The maximum absolute atomic E-state index is 2.54. The number of hydrogen-bond acceptors (Lipinski definition) is 0. The van der Waals surface area contributed by atoms with E-state index in [1.807, 2.05) is 0 Å². The third kappa shape index (κ3) is 4.30. The summed E-state index contributed by atoms with van der Waals surface area (Å²) in [6.07, 6.45) is 13.3. The van der Waals surface area contributed by atoms with Crippen molar-refractivity contribution < 1.29 is 46.1 Å². The predicted molar refractivity (Wildman–Crippen MR) is 152 cm³/mol. The molecule has 0 nitrogen and oxygen atoms in total. The third-order valence-corrected chi connectivity index (χ3v) is 15.8. The van der Waals surface area contributed by atoms with Crippen LogP contribution in [0.15, 0.2) is 118 Å². The van der Waals surface area contributed by atoms with E-state index in [-0.39, 0.29) is 24.8 Å². The molecule has 0 spiro atoms. The Labute approximate surface area is 245 Å². The van der Waals surface area contributed by atoms with Crippen molar-refractivity contribution in [1.29, 1.82) is 0 Å². The molecule has 0 amide bonds. The van der Waals surface area contributed by atoms with Crippen LogP contribution in [0.4, 0.5) is 0 Å². The van der Waals surface area contributed by atoms with Crippen LogP contribution >= 0.6 is 0 Å². The first-order valence-electron chi connectivity index (χ1n) is 12.9. The van der Waals surface area contributed by atoms with Gasteiger partial charge in [-0.1, -0.05) is 0 Å². The van der Waals surface area contributed by atoms with Crippen LogP contribution in [-0.4, -0.2) is 3.21 Å². The van der Waals surface area contributed by atoms with Crippen LogP contribution in [-0.2, 0) is 27.7 Å². The van der Waals surface area contributed by atoms with Gasteiger partial charge in [-0.05, 0) is 0 Å². The van der Waals surface area contributed by atoms with Crippen LogP contribution in [0.5, 0.6) is 0 Å². The van der Waals surface area contributed by atoms with Gasteiger partial charge in [0.2, 0.25) is 0 Å². The topological polar surface area (TPSA) is 0 Å². The Morgan fingerprint density at radius 2 is 1.55 bits per heavy atom. The number of benzene rings is 4. The molecular formula is C35H28Cl2Zr. The molecule has 0 aromatic heterocycles. The molecule has 1 atom stereocenters. The largest absolute Gasteiger partial charge is 1.00 e. The Kier molecular flexibility index (Phi) is 7.75. The molecule has 3 heteroatoms. The van der Waals surface area contributed by atoms with Gasteiger partial charge in [-0.2, -0.15) is 0 Å². The predicted octanol–water partition coefficient (Wildman–Crippen LogP) is 2.88. The molecule has 0 saturated carbocycles. The van der Waals surface area contributed by atoms with Gasteiger partial charge < -0.3 is 24.8 Å². The van der Waals surface area contributed by atoms with Crippen molar-refractivity contribution in [3.63, 3.8) is 0 Å². The van der Waals surface area contributed by atoms with E-state index in [1.165, 1.54) is 55.3 Å². The Morgan fingerprint density at radius 3 is 2.37 bits per heavy atom. The van der Waals surface area contributed by atoms with Crippen molar-refractivity contribution in [3.05, 3.63) is 140 Å². The normalized spacial score (nSPS) is 16.0. The van der Waals surface area contributed by atoms with Crippen molar-refractivity contribution in [2.24, 2.45) is 0 Å². The summed E-state index contributed by atoms with van der Waals surface area (Å²) in [6, 6.07) is 31.4. The number of hydrogen-bond donors (Lipinski definition) is 0. The smallest absolute Gasteiger partial charge is 1.00 e. The van der Waals surface area contributed by atoms with Gasteiger partial charge in [-0.25, -0.2) is 0 Å². The van der Waals surface area contributed by atoms with Gasteiger partial charge in [-0.3, -0.25) is 0 Å². The molecule has 7 rings (SSSR count). The molecular weight excluding hydrogens is 583 g/mol. The van der Waals surface area contributed by atoms with E-state index in [2.05, 4.69) is 129 Å². The van der Waals surface area contributed by atoms with Crippen molar-refractivity contribution in [3.8, 4) is 11.1 Å². The molecule has 0 N–H and O–H groups in total. The van der Waals surface area contributed by atoms with Gasteiger partial charge in [0, 0.05) is 0 Å². The second-order valence-electron chi connectivity index (χ2n) is 10.2. The summed E-state index contributed by atoms with van der Waals surface area (Å²) in [7, 11) is 0. The molecule has 0 saturated heterocycles. The van der Waals surface area contributed by atoms with Gasteiger partial charge in [-0.15, -0.1) is 0 Å². The molecule has 0 bridgehead atoms. The summed E-state index contributed by atoms with van der Waals surface area (Å²) in [4.78, 5) is 0. The molecule has 0 fully saturated rings. The molecule has 0 radical (unpaired) electrons. The Morgan fingerprint density at radius 1 is 0.763 bits per heavy atom. The average Bonchev–Trinajstić information content (AvgIpc) is 3.54. The standard InChI is InChI=1S/C17H11.C15H11.C3H6.2ClH.Zr/c1-2-6-15-12(4-1)8-10-14-11-9-13-5-3-7-16(13)17(14)15;1-2-6-12(7-3-1)14-10-4-8-13-9-5-11-15(13)14;1-3-2;;;/h1-6,8-10H,11H2;1-11H;1-2H3;2*1H;/q;;;;;+2/p-2. The van der Waals surface area contributed by atoms with Crippen LogP contribution < -0.4 is 24.8 Å². The first-order valence-corrected chi connectivity index (χ1v) is 16.8. The minimum atomic E-state index is -2.28. The number of rotatable bonds is 3. The summed E-state index contributed by atoms with van der Waals surface area (Å²) in [5, 5.41) is 2.75. The fourth-order valence-electron chi connectivity index (χ4n) is 6.38. The first kappa shape index (κ1) is 27.0. The second-order valence-corrected chi connectivity index (χ2v) is 17.6. The fraction of sp³-hybridized carbons (Fsp3) is 0.114. The molecule has 186 valence electrons. The van der Waals surface area contributed by atoms with Crippen LogP contribution in [0.2, 0.25) is 0 Å². The van der Waals surface area contributed by atoms with Crippen LogP contribution in [0, 0.1) is 0 Å². The zero-order valence-electron chi connectivity index (χ0n) is 21.5. The molecule has 4 aromatic carbocycles. The Balaban J connectivity index is 0.00000147. The van der Waals surface area contributed by atoms with Gasteiger partial charge in [0.05, 0.1) is 0 Å². The quantitative estimate of drug-likeness (QED) is 0.335. The summed E-state index contributed by atoms with van der Waals surface area (Å²) in [5.74, 6) is 0. The zero-order valence-corrected chi connectivity index (χ0v) is 25.5. The molecule has 3 aliphatic rings. The maximum atomic E-state index is 2.54. The summed E-state index contributed by atoms with van der Waals surface area (Å²) in [5.41, 5.74) is 11.5. The van der Waals surface area contributed by atoms with Gasteiger partial charge in [0.15, 0.2) is 0 Å². The van der Waals surface area contributed by atoms with Gasteiger partial charge >= 0.3 is 222 Å². The van der Waals surface area contributed by atoms with E-state index < -0.39 is 21.3 Å². The fourth-order valence-corrected chi connectivity index (χ4v) is 14.1. The molecule has 3 aliphatic carbocycles. The molecule has 0 heterocycles. The molecule has 4 aromatic rings. The molecule has 1 unspecified atom stereocenters. The van der Waals surface area contributed by atoms with E-state index >= 15 is 0 Å². The van der Waals surface area contributed by atoms with Crippen LogP contribution in [0.3, 0.4) is 0 Å². The second kappa shape index (κ2) is 10.9. The SMILES string of the molecule is C[C](C)=[Zr+2]([C]1=C2C(=CCc3ccc4ccccc4c32)C=C1)[CH]1C=Cc2c(-c3ccccc3)cccc21.[Cl-].[Cl-]. The summed E-state index contributed by atoms with van der Waals surface area (Å²) < 4.78 is 3.85. The van der Waals surface area contributed by atoms with E-state index in [0.717, 1.165) is 6.42 Å². The van der Waals surface area contributed by atoms with E-state index in [1.54, 1.807) is 6.49 Å². The van der Waals surface area contributed by atoms with Crippen LogP contribution in [0.25, 0.3) is 33.5 Å². The zero-order chi connectivity index (χ0) is 24.2. The van der Waals surface area contributed by atoms with Gasteiger partial charge in [0.1, 0.15) is 0 Å². The van der Waals surface area contributed by atoms with E-state index in [9.17, 15) is 0 Å². The first-order chi connectivity index (χ1) is 17.7. The van der Waals surface area contributed by atoms with Crippen LogP contribution in [0.1, 0.15) is 39.7 Å². The molecule has 38 heavy (non-hydrogen) atoms. The van der Waals surface area contributed by atoms with E-state index in [4.69, 9.17) is 0 Å². The number of halogens is 2. The number of allylic oxidation sites excluding steroid dienone is 7. The summed E-state index contributed by atoms with van der Waals surface area (Å²) >= 11 is -2.28. The average molecular weight is 611 g/mol. The van der Waals surface area contributed by atoms with Crippen molar-refractivity contribution in [1.82, 2.24) is 0 Å². The van der Waals surface area contributed by atoms with Gasteiger partial charge in [0.25, 0.3) is 0 Å². The Hall–Kier alpha value is -2.57. The third-order valence-electron chi connectivity index (χ3n) is 7.95.